The second kappa shape index (κ2) is 8.59. The quantitative estimate of drug-likeness (QED) is 0.613. The summed E-state index contributed by atoms with van der Waals surface area (Å²) in [6.07, 6.45) is 5.31. The monoisotopic (exact) mass is 292 g/mol. The Morgan fingerprint density at radius 3 is 2.36 bits per heavy atom. The number of allylic oxidation sites excluding steroid dienone is 1. The molecule has 0 amide bonds. The maximum absolute atomic E-state index is 5.14. The first-order valence-corrected chi connectivity index (χ1v) is 7.21. The van der Waals surface area contributed by atoms with Gasteiger partial charge in [-0.2, -0.15) is 0 Å². The van der Waals surface area contributed by atoms with Gasteiger partial charge in [0.15, 0.2) is 0 Å². The van der Waals surface area contributed by atoms with Crippen LogP contribution in [0.4, 0.5) is 0 Å². The van der Waals surface area contributed by atoms with E-state index in [0.717, 1.165) is 24.2 Å². The first-order valence-electron chi connectivity index (χ1n) is 7.21. The maximum Gasteiger partial charge on any atom is 0.118 e. The lowest BCUT2D eigenvalue weighted by Gasteiger charge is -2.03. The molecule has 2 aromatic carbocycles. The Labute approximate surface area is 132 Å². The number of methoxy groups -OCH3 is 2. The topological polar surface area (TPSA) is 18.5 Å². The zero-order valence-electron chi connectivity index (χ0n) is 13.0. The van der Waals surface area contributed by atoms with Gasteiger partial charge in [-0.1, -0.05) is 36.1 Å². The molecular formula is C20H20O2. The standard InChI is InChI=1S/C20H20O2/c1-21-16-6-11-19-9-4-3-8-18(19)10-5-7-17-12-14-20(22-2)15-13-17/h3-4,6,8-9,12-16H,10-11H2,1-2H3/b16-6+. The van der Waals surface area contributed by atoms with Crippen LogP contribution in [0.1, 0.15) is 16.7 Å². The normalized spacial score (nSPS) is 10.1. The Balaban J connectivity index is 2.05. The Kier molecular flexibility index (Phi) is 6.14. The van der Waals surface area contributed by atoms with Gasteiger partial charge in [0.05, 0.1) is 20.5 Å². The minimum absolute atomic E-state index is 0.739. The predicted octanol–water partition coefficient (Wildman–Crippen LogP) is 3.99. The van der Waals surface area contributed by atoms with Crippen LogP contribution in [-0.2, 0) is 17.6 Å². The third kappa shape index (κ3) is 4.71. The molecule has 0 fully saturated rings. The summed E-state index contributed by atoms with van der Waals surface area (Å²) in [4.78, 5) is 0. The summed E-state index contributed by atoms with van der Waals surface area (Å²) in [6.45, 7) is 0. The van der Waals surface area contributed by atoms with E-state index in [1.54, 1.807) is 20.5 Å². The molecule has 0 unspecified atom stereocenters. The zero-order valence-corrected chi connectivity index (χ0v) is 13.0. The fourth-order valence-corrected chi connectivity index (χ4v) is 2.12. The van der Waals surface area contributed by atoms with E-state index in [1.807, 2.05) is 36.4 Å². The smallest absolute Gasteiger partial charge is 0.118 e. The molecule has 0 bridgehead atoms. The highest BCUT2D eigenvalue weighted by molar-refractivity contribution is 5.40. The molecule has 0 atom stereocenters. The van der Waals surface area contributed by atoms with Crippen molar-refractivity contribution in [2.45, 2.75) is 12.8 Å². The molecule has 112 valence electrons. The van der Waals surface area contributed by atoms with Crippen molar-refractivity contribution >= 4 is 0 Å². The maximum atomic E-state index is 5.14. The van der Waals surface area contributed by atoms with Gasteiger partial charge in [-0.05, 0) is 47.9 Å². The van der Waals surface area contributed by atoms with E-state index in [-0.39, 0.29) is 0 Å². The molecular weight excluding hydrogens is 272 g/mol. The van der Waals surface area contributed by atoms with E-state index in [2.05, 4.69) is 30.0 Å². The molecule has 2 nitrogen and oxygen atoms in total. The van der Waals surface area contributed by atoms with Gasteiger partial charge < -0.3 is 9.47 Å². The predicted molar refractivity (Wildman–Crippen MR) is 89.9 cm³/mol. The molecule has 22 heavy (non-hydrogen) atoms. The summed E-state index contributed by atoms with van der Waals surface area (Å²) in [6, 6.07) is 16.1. The molecule has 0 saturated heterocycles. The largest absolute Gasteiger partial charge is 0.505 e. The summed E-state index contributed by atoms with van der Waals surface area (Å²) in [5, 5.41) is 0. The molecule has 0 radical (unpaired) electrons. The number of hydrogen-bond acceptors (Lipinski definition) is 2. The molecule has 0 aliphatic carbocycles. The minimum Gasteiger partial charge on any atom is -0.505 e. The van der Waals surface area contributed by atoms with Crippen LogP contribution < -0.4 is 4.74 Å². The van der Waals surface area contributed by atoms with Crippen molar-refractivity contribution in [2.24, 2.45) is 0 Å². The molecule has 0 N–H and O–H groups in total. The Morgan fingerprint density at radius 1 is 0.955 bits per heavy atom. The van der Waals surface area contributed by atoms with Crippen LogP contribution >= 0.6 is 0 Å². The van der Waals surface area contributed by atoms with E-state index in [4.69, 9.17) is 9.47 Å². The van der Waals surface area contributed by atoms with Gasteiger partial charge in [0, 0.05) is 12.0 Å². The third-order valence-electron chi connectivity index (χ3n) is 3.29. The highest BCUT2D eigenvalue weighted by Crippen LogP contribution is 2.12. The van der Waals surface area contributed by atoms with Gasteiger partial charge in [-0.3, -0.25) is 0 Å². The van der Waals surface area contributed by atoms with Crippen molar-refractivity contribution in [3.63, 3.8) is 0 Å². The van der Waals surface area contributed by atoms with Crippen LogP contribution in [0, 0.1) is 11.8 Å². The summed E-state index contributed by atoms with van der Waals surface area (Å²) >= 11 is 0. The van der Waals surface area contributed by atoms with E-state index in [9.17, 15) is 0 Å². The van der Waals surface area contributed by atoms with Crippen LogP contribution in [0.25, 0.3) is 0 Å². The van der Waals surface area contributed by atoms with Gasteiger partial charge in [0.2, 0.25) is 0 Å². The summed E-state index contributed by atoms with van der Waals surface area (Å²) in [5.41, 5.74) is 3.53. The van der Waals surface area contributed by atoms with Crippen molar-refractivity contribution in [3.8, 4) is 17.6 Å². The van der Waals surface area contributed by atoms with Gasteiger partial charge in [-0.25, -0.2) is 0 Å². The molecule has 0 heterocycles. The van der Waals surface area contributed by atoms with Gasteiger partial charge in [0.1, 0.15) is 5.75 Å². The second-order valence-corrected chi connectivity index (χ2v) is 4.79. The summed E-state index contributed by atoms with van der Waals surface area (Å²) in [7, 11) is 3.32. The second-order valence-electron chi connectivity index (χ2n) is 4.79. The molecule has 0 aliphatic heterocycles. The first kappa shape index (κ1) is 15.7. The molecule has 2 heteroatoms. The van der Waals surface area contributed by atoms with Crippen LogP contribution in [0.3, 0.4) is 0 Å². The SMILES string of the molecule is CO/C=C/Cc1ccccc1CC#Cc1ccc(OC)cc1. The van der Waals surface area contributed by atoms with Crippen molar-refractivity contribution in [1.82, 2.24) is 0 Å². The molecule has 0 saturated carbocycles. The number of ether oxygens (including phenoxy) is 2. The highest BCUT2D eigenvalue weighted by Gasteiger charge is 1.98. The Bertz CT molecular complexity index is 673. The average Bonchev–Trinajstić information content (AvgIpc) is 2.57. The zero-order chi connectivity index (χ0) is 15.6. The molecule has 0 aliphatic rings. The van der Waals surface area contributed by atoms with Crippen LogP contribution in [0.15, 0.2) is 60.9 Å². The first-order chi connectivity index (χ1) is 10.8. The lowest BCUT2D eigenvalue weighted by Crippen LogP contribution is -1.91. The van der Waals surface area contributed by atoms with Crippen molar-refractivity contribution in [3.05, 3.63) is 77.6 Å². The summed E-state index contributed by atoms with van der Waals surface area (Å²) < 4.78 is 10.1. The van der Waals surface area contributed by atoms with Gasteiger partial charge in [-0.15, -0.1) is 0 Å². The van der Waals surface area contributed by atoms with Crippen molar-refractivity contribution < 1.29 is 9.47 Å². The molecule has 2 rings (SSSR count). The minimum atomic E-state index is 0.739. The van der Waals surface area contributed by atoms with Crippen molar-refractivity contribution in [2.75, 3.05) is 14.2 Å². The van der Waals surface area contributed by atoms with E-state index >= 15 is 0 Å². The Morgan fingerprint density at radius 2 is 1.68 bits per heavy atom. The average molecular weight is 292 g/mol. The van der Waals surface area contributed by atoms with Crippen LogP contribution in [-0.4, -0.2) is 14.2 Å². The molecule has 0 spiro atoms. The van der Waals surface area contributed by atoms with Crippen LogP contribution in [0.5, 0.6) is 5.75 Å². The van der Waals surface area contributed by atoms with E-state index < -0.39 is 0 Å². The fraction of sp³-hybridized carbons (Fsp3) is 0.200. The molecule has 0 aromatic heterocycles. The lowest BCUT2D eigenvalue weighted by atomic mass is 10.0. The number of hydrogen-bond donors (Lipinski definition) is 0. The van der Waals surface area contributed by atoms with Gasteiger partial charge >= 0.3 is 0 Å². The highest BCUT2D eigenvalue weighted by atomic mass is 16.5. The van der Waals surface area contributed by atoms with Crippen LogP contribution in [0.2, 0.25) is 0 Å². The third-order valence-corrected chi connectivity index (χ3v) is 3.29. The Hall–Kier alpha value is -2.66. The number of benzene rings is 2. The van der Waals surface area contributed by atoms with E-state index in [1.165, 1.54) is 11.1 Å². The fourth-order valence-electron chi connectivity index (χ4n) is 2.12. The lowest BCUT2D eigenvalue weighted by molar-refractivity contribution is 0.337. The van der Waals surface area contributed by atoms with Gasteiger partial charge in [0.25, 0.3) is 0 Å². The number of rotatable bonds is 5. The van der Waals surface area contributed by atoms with E-state index in [0.29, 0.717) is 0 Å². The molecule has 2 aromatic rings. The summed E-state index contributed by atoms with van der Waals surface area (Å²) in [5.74, 6) is 7.28. The van der Waals surface area contributed by atoms with Crippen molar-refractivity contribution in [1.29, 1.82) is 0 Å².